The quantitative estimate of drug-likeness (QED) is 0.927. The average Bonchev–Trinajstić information content (AvgIpc) is 2.39. The lowest BCUT2D eigenvalue weighted by Crippen LogP contribution is -2.01. The zero-order valence-corrected chi connectivity index (χ0v) is 11.0. The van der Waals surface area contributed by atoms with Crippen LogP contribution >= 0.6 is 15.9 Å². The standard InChI is InChI=1S/C14H10BrFN2/c15-12-3-1-10(2-4-12)9-18-14-6-5-13(16)7-11(14)8-17/h1-7,18H,9H2. The summed E-state index contributed by atoms with van der Waals surface area (Å²) in [5.41, 5.74) is 2.04. The van der Waals surface area contributed by atoms with Crippen molar-refractivity contribution in [3.05, 3.63) is 63.9 Å². The fourth-order valence-corrected chi connectivity index (χ4v) is 1.83. The zero-order chi connectivity index (χ0) is 13.0. The van der Waals surface area contributed by atoms with Gasteiger partial charge in [0.25, 0.3) is 0 Å². The summed E-state index contributed by atoms with van der Waals surface area (Å²) in [5, 5.41) is 12.0. The molecule has 0 fully saturated rings. The molecule has 0 spiro atoms. The van der Waals surface area contributed by atoms with Crippen molar-refractivity contribution < 1.29 is 4.39 Å². The number of hydrogen-bond donors (Lipinski definition) is 1. The Labute approximate surface area is 113 Å². The molecule has 0 saturated heterocycles. The largest absolute Gasteiger partial charge is 0.380 e. The molecule has 90 valence electrons. The van der Waals surface area contributed by atoms with Gasteiger partial charge in [-0.25, -0.2) is 4.39 Å². The molecule has 2 rings (SSSR count). The third-order valence-corrected chi connectivity index (χ3v) is 3.03. The molecule has 0 aliphatic heterocycles. The minimum Gasteiger partial charge on any atom is -0.380 e. The first-order valence-corrected chi connectivity index (χ1v) is 6.16. The van der Waals surface area contributed by atoms with Crippen LogP contribution in [0.4, 0.5) is 10.1 Å². The summed E-state index contributed by atoms with van der Waals surface area (Å²) in [7, 11) is 0. The molecular formula is C14H10BrFN2. The number of nitrogens with one attached hydrogen (secondary N) is 1. The molecule has 0 heterocycles. The van der Waals surface area contributed by atoms with E-state index >= 15 is 0 Å². The summed E-state index contributed by atoms with van der Waals surface area (Å²) in [6.45, 7) is 0.591. The first-order chi connectivity index (χ1) is 8.69. The van der Waals surface area contributed by atoms with Crippen molar-refractivity contribution in [1.29, 1.82) is 5.26 Å². The van der Waals surface area contributed by atoms with Gasteiger partial charge in [-0.2, -0.15) is 5.26 Å². The minimum absolute atomic E-state index is 0.312. The summed E-state index contributed by atoms with van der Waals surface area (Å²) in [5.74, 6) is -0.402. The molecule has 0 aliphatic carbocycles. The van der Waals surface area contributed by atoms with Crippen molar-refractivity contribution in [2.45, 2.75) is 6.54 Å². The van der Waals surface area contributed by atoms with Crippen LogP contribution in [0.2, 0.25) is 0 Å². The van der Waals surface area contributed by atoms with E-state index in [9.17, 15) is 4.39 Å². The Morgan fingerprint density at radius 2 is 1.89 bits per heavy atom. The molecule has 0 saturated carbocycles. The highest BCUT2D eigenvalue weighted by Gasteiger charge is 2.03. The molecule has 2 nitrogen and oxygen atoms in total. The van der Waals surface area contributed by atoms with Crippen LogP contribution < -0.4 is 5.32 Å². The lowest BCUT2D eigenvalue weighted by atomic mass is 10.1. The number of nitriles is 1. The van der Waals surface area contributed by atoms with Crippen LogP contribution in [-0.4, -0.2) is 0 Å². The highest BCUT2D eigenvalue weighted by Crippen LogP contribution is 2.17. The average molecular weight is 305 g/mol. The number of anilines is 1. The van der Waals surface area contributed by atoms with E-state index in [0.29, 0.717) is 17.8 Å². The predicted molar refractivity (Wildman–Crippen MR) is 72.6 cm³/mol. The topological polar surface area (TPSA) is 35.8 Å². The first kappa shape index (κ1) is 12.6. The van der Waals surface area contributed by atoms with Crippen molar-refractivity contribution >= 4 is 21.6 Å². The van der Waals surface area contributed by atoms with Crippen molar-refractivity contribution in [3.8, 4) is 6.07 Å². The van der Waals surface area contributed by atoms with Crippen LogP contribution in [0.25, 0.3) is 0 Å². The van der Waals surface area contributed by atoms with Gasteiger partial charge in [0.05, 0.1) is 11.3 Å². The van der Waals surface area contributed by atoms with Gasteiger partial charge in [0, 0.05) is 11.0 Å². The van der Waals surface area contributed by atoms with Crippen LogP contribution in [0, 0.1) is 17.1 Å². The molecule has 18 heavy (non-hydrogen) atoms. The van der Waals surface area contributed by atoms with Gasteiger partial charge >= 0.3 is 0 Å². The molecule has 0 amide bonds. The van der Waals surface area contributed by atoms with E-state index in [-0.39, 0.29) is 0 Å². The maximum atomic E-state index is 13.0. The summed E-state index contributed by atoms with van der Waals surface area (Å²) >= 11 is 3.37. The van der Waals surface area contributed by atoms with Gasteiger partial charge in [-0.3, -0.25) is 0 Å². The van der Waals surface area contributed by atoms with E-state index in [1.807, 2.05) is 30.3 Å². The predicted octanol–water partition coefficient (Wildman–Crippen LogP) is 4.07. The van der Waals surface area contributed by atoms with Crippen LogP contribution in [0.15, 0.2) is 46.9 Å². The number of hydrogen-bond acceptors (Lipinski definition) is 2. The van der Waals surface area contributed by atoms with E-state index in [2.05, 4.69) is 21.2 Å². The second-order valence-corrected chi connectivity index (χ2v) is 4.70. The smallest absolute Gasteiger partial charge is 0.124 e. The SMILES string of the molecule is N#Cc1cc(F)ccc1NCc1ccc(Br)cc1. The van der Waals surface area contributed by atoms with Crippen LogP contribution in [0.5, 0.6) is 0 Å². The summed E-state index contributed by atoms with van der Waals surface area (Å²) in [6.07, 6.45) is 0. The fourth-order valence-electron chi connectivity index (χ4n) is 1.56. The highest BCUT2D eigenvalue weighted by atomic mass is 79.9. The lowest BCUT2D eigenvalue weighted by molar-refractivity contribution is 0.627. The normalized spacial score (nSPS) is 9.83. The molecular weight excluding hydrogens is 295 g/mol. The second-order valence-electron chi connectivity index (χ2n) is 3.78. The van der Waals surface area contributed by atoms with Gasteiger partial charge in [-0.1, -0.05) is 28.1 Å². The number of rotatable bonds is 3. The maximum absolute atomic E-state index is 13.0. The molecule has 0 radical (unpaired) electrons. The van der Waals surface area contributed by atoms with Gasteiger partial charge in [-0.05, 0) is 35.9 Å². The summed E-state index contributed by atoms with van der Waals surface area (Å²) in [6, 6.07) is 14.0. The molecule has 0 bridgehead atoms. The third-order valence-electron chi connectivity index (χ3n) is 2.50. The Bertz CT molecular complexity index is 588. The van der Waals surface area contributed by atoms with Gasteiger partial charge < -0.3 is 5.32 Å². The molecule has 0 aliphatic rings. The van der Waals surface area contributed by atoms with Crippen LogP contribution in [0.1, 0.15) is 11.1 Å². The van der Waals surface area contributed by atoms with Crippen molar-refractivity contribution in [2.75, 3.05) is 5.32 Å². The molecule has 1 N–H and O–H groups in total. The van der Waals surface area contributed by atoms with Gasteiger partial charge in [0.2, 0.25) is 0 Å². The molecule has 2 aromatic carbocycles. The molecule has 0 aromatic heterocycles. The minimum atomic E-state index is -0.402. The highest BCUT2D eigenvalue weighted by molar-refractivity contribution is 9.10. The van der Waals surface area contributed by atoms with E-state index in [4.69, 9.17) is 5.26 Å². The molecule has 4 heteroatoms. The lowest BCUT2D eigenvalue weighted by Gasteiger charge is -2.08. The fraction of sp³-hybridized carbons (Fsp3) is 0.0714. The summed E-state index contributed by atoms with van der Waals surface area (Å²) < 4.78 is 14.0. The molecule has 2 aromatic rings. The van der Waals surface area contributed by atoms with E-state index in [1.165, 1.54) is 12.1 Å². The Kier molecular flexibility index (Phi) is 3.96. The Morgan fingerprint density at radius 1 is 1.17 bits per heavy atom. The Hall–Kier alpha value is -1.86. The van der Waals surface area contributed by atoms with Crippen molar-refractivity contribution in [2.24, 2.45) is 0 Å². The van der Waals surface area contributed by atoms with Crippen molar-refractivity contribution in [1.82, 2.24) is 0 Å². The second kappa shape index (κ2) is 5.65. The monoisotopic (exact) mass is 304 g/mol. The van der Waals surface area contributed by atoms with Gasteiger partial charge in [-0.15, -0.1) is 0 Å². The van der Waals surface area contributed by atoms with Gasteiger partial charge in [0.15, 0.2) is 0 Å². The zero-order valence-electron chi connectivity index (χ0n) is 9.45. The number of halogens is 2. The van der Waals surface area contributed by atoms with Gasteiger partial charge in [0.1, 0.15) is 11.9 Å². The van der Waals surface area contributed by atoms with Crippen molar-refractivity contribution in [3.63, 3.8) is 0 Å². The summed E-state index contributed by atoms with van der Waals surface area (Å²) in [4.78, 5) is 0. The maximum Gasteiger partial charge on any atom is 0.124 e. The van der Waals surface area contributed by atoms with E-state index in [1.54, 1.807) is 6.07 Å². The third kappa shape index (κ3) is 3.08. The van der Waals surface area contributed by atoms with Crippen LogP contribution in [-0.2, 0) is 6.54 Å². The van der Waals surface area contributed by atoms with Crippen LogP contribution in [0.3, 0.4) is 0 Å². The Morgan fingerprint density at radius 3 is 2.56 bits per heavy atom. The number of nitrogens with zero attached hydrogens (tertiary/aromatic N) is 1. The van der Waals surface area contributed by atoms with E-state index in [0.717, 1.165) is 10.0 Å². The number of benzene rings is 2. The first-order valence-electron chi connectivity index (χ1n) is 5.37. The van der Waals surface area contributed by atoms with E-state index < -0.39 is 5.82 Å². The molecule has 0 unspecified atom stereocenters. The Balaban J connectivity index is 2.11. The molecule has 0 atom stereocenters.